The van der Waals surface area contributed by atoms with E-state index in [1.165, 1.54) is 12.1 Å². The van der Waals surface area contributed by atoms with Crippen molar-refractivity contribution in [2.24, 2.45) is 7.05 Å². The lowest BCUT2D eigenvalue weighted by atomic mass is 9.81. The zero-order valence-corrected chi connectivity index (χ0v) is 20.0. The first-order valence-electron chi connectivity index (χ1n) is 11.3. The second-order valence-corrected chi connectivity index (χ2v) is 9.99. The smallest absolute Gasteiger partial charge is 0.254 e. The summed E-state index contributed by atoms with van der Waals surface area (Å²) in [6.07, 6.45) is 5.05. The monoisotopic (exact) mass is 522 g/mol. The van der Waals surface area contributed by atoms with E-state index < -0.39 is 11.6 Å². The first kappa shape index (κ1) is 21.4. The maximum absolute atomic E-state index is 14.0. The first-order valence-corrected chi connectivity index (χ1v) is 12.1. The number of fused-ring (bicyclic) bond motifs is 5. The number of carbonyl (C=O) groups excluding carboxylic acids is 1. The summed E-state index contributed by atoms with van der Waals surface area (Å²) in [7, 11) is 1.79. The normalized spacial score (nSPS) is 19.4. The average Bonchev–Trinajstić information content (AvgIpc) is 3.12. The van der Waals surface area contributed by atoms with E-state index in [1.807, 2.05) is 29.2 Å². The molecule has 4 aromatic rings. The number of hydrogen-bond donors (Lipinski definition) is 0. The third-order valence-corrected chi connectivity index (χ3v) is 7.37. The Morgan fingerprint density at radius 3 is 2.68 bits per heavy atom. The predicted octanol–water partition coefficient (Wildman–Crippen LogP) is 5.97. The van der Waals surface area contributed by atoms with E-state index in [9.17, 15) is 13.6 Å². The number of nitrogens with zero attached hydrogens (tertiary/aromatic N) is 4. The number of benzene rings is 2. The van der Waals surface area contributed by atoms with Crippen LogP contribution in [0.5, 0.6) is 0 Å². The molecular weight excluding hydrogens is 502 g/mol. The van der Waals surface area contributed by atoms with Gasteiger partial charge in [0.05, 0.1) is 22.9 Å². The zero-order valence-electron chi connectivity index (χ0n) is 18.4. The molecular formula is C26H21BrF2N4O. The molecule has 0 aliphatic carbocycles. The Labute approximate surface area is 203 Å². The second-order valence-electron chi connectivity index (χ2n) is 9.07. The van der Waals surface area contributed by atoms with Crippen LogP contribution < -0.4 is 0 Å². The summed E-state index contributed by atoms with van der Waals surface area (Å²) in [5, 5.41) is 5.66. The Balaban J connectivity index is 1.42. The maximum Gasteiger partial charge on any atom is 0.254 e. The van der Waals surface area contributed by atoms with E-state index in [2.05, 4.69) is 20.9 Å². The third kappa shape index (κ3) is 3.43. The summed E-state index contributed by atoms with van der Waals surface area (Å²) in [5.41, 5.74) is 4.46. The SMILES string of the molecule is Cn1nc2c(c1-c1cc(F)cc(F)c1)C[C@H]1CCC[C@@H]2N1C(=O)c1ccc2ncc(Br)cc2c1. The molecule has 2 aliphatic heterocycles. The van der Waals surface area contributed by atoms with E-state index in [4.69, 9.17) is 5.10 Å². The van der Waals surface area contributed by atoms with Crippen LogP contribution in [-0.4, -0.2) is 31.6 Å². The molecule has 2 bridgehead atoms. The molecule has 2 aromatic carbocycles. The van der Waals surface area contributed by atoms with Crippen molar-refractivity contribution in [1.82, 2.24) is 19.7 Å². The van der Waals surface area contributed by atoms with Gasteiger partial charge in [-0.2, -0.15) is 5.10 Å². The van der Waals surface area contributed by atoms with Gasteiger partial charge >= 0.3 is 0 Å². The van der Waals surface area contributed by atoms with Crippen molar-refractivity contribution < 1.29 is 13.6 Å². The Kier molecular flexibility index (Phi) is 5.02. The quantitative estimate of drug-likeness (QED) is 0.326. The minimum absolute atomic E-state index is 0.0106. The van der Waals surface area contributed by atoms with Crippen molar-refractivity contribution in [3.63, 3.8) is 0 Å². The van der Waals surface area contributed by atoms with Gasteiger partial charge in [0.2, 0.25) is 0 Å². The molecule has 1 fully saturated rings. The summed E-state index contributed by atoms with van der Waals surface area (Å²) in [5.74, 6) is -1.25. The lowest BCUT2D eigenvalue weighted by Gasteiger charge is -2.45. The van der Waals surface area contributed by atoms with Crippen molar-refractivity contribution in [2.45, 2.75) is 37.8 Å². The molecule has 0 spiro atoms. The van der Waals surface area contributed by atoms with E-state index in [-0.39, 0.29) is 18.0 Å². The molecule has 0 radical (unpaired) electrons. The van der Waals surface area contributed by atoms with Crippen molar-refractivity contribution in [2.75, 3.05) is 0 Å². The number of piperidine rings is 1. The fourth-order valence-corrected chi connectivity index (χ4v) is 5.94. The van der Waals surface area contributed by atoms with Gasteiger partial charge in [-0.25, -0.2) is 8.78 Å². The van der Waals surface area contributed by atoms with Crippen molar-refractivity contribution in [1.29, 1.82) is 0 Å². The second kappa shape index (κ2) is 7.98. The van der Waals surface area contributed by atoms with Gasteiger partial charge < -0.3 is 4.90 Å². The number of hydrogen-bond acceptors (Lipinski definition) is 3. The summed E-state index contributed by atoms with van der Waals surface area (Å²) in [4.78, 5) is 20.1. The van der Waals surface area contributed by atoms with Crippen LogP contribution in [0.1, 0.15) is 46.9 Å². The highest BCUT2D eigenvalue weighted by molar-refractivity contribution is 9.10. The average molecular weight is 523 g/mol. The van der Waals surface area contributed by atoms with Gasteiger partial charge in [0.15, 0.2) is 0 Å². The lowest BCUT2D eigenvalue weighted by molar-refractivity contribution is 0.0392. The maximum atomic E-state index is 14.0. The van der Waals surface area contributed by atoms with Crippen molar-refractivity contribution in [3.8, 4) is 11.3 Å². The fourth-order valence-electron chi connectivity index (χ4n) is 5.59. The van der Waals surface area contributed by atoms with Crippen LogP contribution >= 0.6 is 15.9 Å². The highest BCUT2D eigenvalue weighted by Crippen LogP contribution is 2.45. The molecule has 2 aromatic heterocycles. The fraction of sp³-hybridized carbons (Fsp3) is 0.269. The molecule has 0 saturated carbocycles. The van der Waals surface area contributed by atoms with Gasteiger partial charge in [-0.05, 0) is 78.0 Å². The van der Waals surface area contributed by atoms with Crippen LogP contribution in [0.15, 0.2) is 53.1 Å². The molecule has 8 heteroatoms. The number of halogens is 3. The zero-order chi connectivity index (χ0) is 23.6. The summed E-state index contributed by atoms with van der Waals surface area (Å²) in [6.45, 7) is 0. The minimum Gasteiger partial charge on any atom is -0.327 e. The van der Waals surface area contributed by atoms with Crippen LogP contribution in [0.25, 0.3) is 22.2 Å². The Morgan fingerprint density at radius 2 is 1.88 bits per heavy atom. The molecule has 1 saturated heterocycles. The molecule has 0 unspecified atom stereocenters. The number of aryl methyl sites for hydroxylation is 1. The summed E-state index contributed by atoms with van der Waals surface area (Å²) >= 11 is 3.45. The number of aromatic nitrogens is 3. The van der Waals surface area contributed by atoms with Crippen LogP contribution in [0.2, 0.25) is 0 Å². The third-order valence-electron chi connectivity index (χ3n) is 6.94. The van der Waals surface area contributed by atoms with Gasteiger partial charge in [-0.1, -0.05) is 0 Å². The summed E-state index contributed by atoms with van der Waals surface area (Å²) in [6, 6.07) is 11.0. The first-order chi connectivity index (χ1) is 16.4. The molecule has 2 aliphatic rings. The van der Waals surface area contributed by atoms with Gasteiger partial charge in [0, 0.05) is 51.9 Å². The molecule has 1 amide bonds. The molecule has 5 nitrogen and oxygen atoms in total. The van der Waals surface area contributed by atoms with Crippen LogP contribution in [-0.2, 0) is 13.5 Å². The number of carbonyl (C=O) groups is 1. The molecule has 172 valence electrons. The Morgan fingerprint density at radius 1 is 1.09 bits per heavy atom. The Bertz CT molecular complexity index is 1450. The van der Waals surface area contributed by atoms with E-state index in [1.54, 1.807) is 17.9 Å². The Hall–Kier alpha value is -3.13. The molecule has 4 heterocycles. The molecule has 2 atom stereocenters. The lowest BCUT2D eigenvalue weighted by Crippen LogP contribution is -2.49. The van der Waals surface area contributed by atoms with Crippen molar-refractivity contribution >= 4 is 32.7 Å². The molecule has 0 N–H and O–H groups in total. The van der Waals surface area contributed by atoms with Gasteiger partial charge in [0.1, 0.15) is 11.6 Å². The summed E-state index contributed by atoms with van der Waals surface area (Å²) < 4.78 is 30.5. The van der Waals surface area contributed by atoms with E-state index >= 15 is 0 Å². The largest absolute Gasteiger partial charge is 0.327 e. The van der Waals surface area contributed by atoms with E-state index in [0.29, 0.717) is 17.5 Å². The molecule has 6 rings (SSSR count). The highest BCUT2D eigenvalue weighted by Gasteiger charge is 2.43. The van der Waals surface area contributed by atoms with Gasteiger partial charge in [-0.15, -0.1) is 0 Å². The number of amides is 1. The van der Waals surface area contributed by atoms with Crippen LogP contribution in [0.4, 0.5) is 8.78 Å². The molecule has 34 heavy (non-hydrogen) atoms. The highest BCUT2D eigenvalue weighted by atomic mass is 79.9. The van der Waals surface area contributed by atoms with Gasteiger partial charge in [0.25, 0.3) is 5.91 Å². The van der Waals surface area contributed by atoms with Crippen molar-refractivity contribution in [3.05, 3.63) is 81.6 Å². The van der Waals surface area contributed by atoms with E-state index in [0.717, 1.165) is 57.7 Å². The minimum atomic E-state index is -0.616. The van der Waals surface area contributed by atoms with Crippen LogP contribution in [0, 0.1) is 11.6 Å². The standard InChI is InChI=1S/C26H21BrF2N4O/c1-32-25(16-9-18(28)11-19(29)10-16)21-12-20-3-2-4-23(24(21)31-32)33(20)26(34)14-5-6-22-15(7-14)8-17(27)13-30-22/h5-11,13,20,23H,2-4,12H2,1H3/t20-,23+/m1/s1. The van der Waals surface area contributed by atoms with Crippen LogP contribution in [0.3, 0.4) is 0 Å². The van der Waals surface area contributed by atoms with Gasteiger partial charge in [-0.3, -0.25) is 14.5 Å². The number of pyridine rings is 1. The topological polar surface area (TPSA) is 51.0 Å². The predicted molar refractivity (Wildman–Crippen MR) is 128 cm³/mol. The number of rotatable bonds is 2.